The monoisotopic (exact) mass is 428 g/mol. The van der Waals surface area contributed by atoms with E-state index < -0.39 is 5.91 Å². The van der Waals surface area contributed by atoms with Crippen molar-refractivity contribution in [2.24, 2.45) is 0 Å². The first-order chi connectivity index (χ1) is 15.5. The highest BCUT2D eigenvalue weighted by molar-refractivity contribution is 6.46. The highest BCUT2D eigenvalue weighted by Crippen LogP contribution is 2.34. The number of hydrogen-bond acceptors (Lipinski definition) is 5. The van der Waals surface area contributed by atoms with Gasteiger partial charge in [-0.3, -0.25) is 9.59 Å². The van der Waals surface area contributed by atoms with Crippen LogP contribution in [0.25, 0.3) is 5.57 Å². The predicted molar refractivity (Wildman–Crippen MR) is 125 cm³/mol. The molecule has 6 heteroatoms. The molecule has 0 spiro atoms. The van der Waals surface area contributed by atoms with Crippen LogP contribution in [0.4, 0.5) is 11.4 Å². The Hall–Kier alpha value is -4.06. The molecule has 162 valence electrons. The van der Waals surface area contributed by atoms with Gasteiger partial charge in [-0.2, -0.15) is 0 Å². The number of amides is 2. The molecule has 1 aliphatic rings. The molecule has 32 heavy (non-hydrogen) atoms. The fourth-order valence-electron chi connectivity index (χ4n) is 3.54. The number of methoxy groups -OCH3 is 1. The third-order valence-electron chi connectivity index (χ3n) is 4.95. The molecule has 0 fully saturated rings. The van der Waals surface area contributed by atoms with E-state index in [-0.39, 0.29) is 17.7 Å². The number of carbonyl (C=O) groups excluding carboxylic acids is 2. The van der Waals surface area contributed by atoms with Gasteiger partial charge in [0.05, 0.1) is 24.5 Å². The Balaban J connectivity index is 1.77. The summed E-state index contributed by atoms with van der Waals surface area (Å²) in [5.74, 6) is 0.540. The van der Waals surface area contributed by atoms with Crippen LogP contribution in [0.3, 0.4) is 0 Å². The van der Waals surface area contributed by atoms with Crippen molar-refractivity contribution in [3.05, 3.63) is 90.1 Å². The zero-order valence-corrected chi connectivity index (χ0v) is 18.2. The van der Waals surface area contributed by atoms with E-state index >= 15 is 0 Å². The second kappa shape index (κ2) is 8.98. The summed E-state index contributed by atoms with van der Waals surface area (Å²) >= 11 is 0. The van der Waals surface area contributed by atoms with E-state index in [0.29, 0.717) is 34.0 Å². The molecule has 0 aromatic heterocycles. The number of nitrogens with one attached hydrogen (secondary N) is 1. The van der Waals surface area contributed by atoms with Gasteiger partial charge in [0, 0.05) is 11.8 Å². The van der Waals surface area contributed by atoms with Crippen LogP contribution in [0, 0.1) is 0 Å². The summed E-state index contributed by atoms with van der Waals surface area (Å²) < 4.78 is 11.0. The summed E-state index contributed by atoms with van der Waals surface area (Å²) in [5.41, 5.74) is 2.31. The Bertz CT molecular complexity index is 1170. The second-order valence-corrected chi connectivity index (χ2v) is 7.58. The molecular formula is C26H24N2O4. The average molecular weight is 428 g/mol. The van der Waals surface area contributed by atoms with Gasteiger partial charge in [0.15, 0.2) is 0 Å². The lowest BCUT2D eigenvalue weighted by molar-refractivity contribution is -0.120. The standard InChI is InChI=1S/C26H24N2O4/c1-17(2)32-21-14-12-18(13-15-21)23-24(27-19-8-7-11-22(16-19)31-3)26(30)28(25(23)29)20-9-5-4-6-10-20/h4-17,27H,1-3H3. The summed E-state index contributed by atoms with van der Waals surface area (Å²) in [6.07, 6.45) is 0.0358. The van der Waals surface area contributed by atoms with Crippen LogP contribution in [0.2, 0.25) is 0 Å². The fraction of sp³-hybridized carbons (Fsp3) is 0.154. The molecule has 1 N–H and O–H groups in total. The third-order valence-corrected chi connectivity index (χ3v) is 4.95. The van der Waals surface area contributed by atoms with Crippen molar-refractivity contribution in [3.63, 3.8) is 0 Å². The Kier molecular flexibility index (Phi) is 5.94. The quantitative estimate of drug-likeness (QED) is 0.544. The Morgan fingerprint density at radius 2 is 1.53 bits per heavy atom. The number of anilines is 2. The van der Waals surface area contributed by atoms with Crippen molar-refractivity contribution in [2.45, 2.75) is 20.0 Å². The number of rotatable bonds is 7. The smallest absolute Gasteiger partial charge is 0.282 e. The van der Waals surface area contributed by atoms with Crippen molar-refractivity contribution in [1.82, 2.24) is 0 Å². The molecule has 0 atom stereocenters. The van der Waals surface area contributed by atoms with Gasteiger partial charge in [-0.05, 0) is 55.8 Å². The van der Waals surface area contributed by atoms with Gasteiger partial charge in [-0.25, -0.2) is 4.90 Å². The molecule has 1 aliphatic heterocycles. The van der Waals surface area contributed by atoms with Crippen LogP contribution < -0.4 is 19.7 Å². The Labute approximate surface area is 187 Å². The number of para-hydroxylation sites is 1. The van der Waals surface area contributed by atoms with E-state index in [1.54, 1.807) is 61.7 Å². The first-order valence-electron chi connectivity index (χ1n) is 10.3. The molecule has 2 amide bonds. The molecule has 0 saturated carbocycles. The van der Waals surface area contributed by atoms with Gasteiger partial charge in [0.25, 0.3) is 11.8 Å². The lowest BCUT2D eigenvalue weighted by Gasteiger charge is -2.15. The van der Waals surface area contributed by atoms with Crippen LogP contribution in [0.1, 0.15) is 19.4 Å². The van der Waals surface area contributed by atoms with E-state index in [1.165, 1.54) is 4.90 Å². The highest BCUT2D eigenvalue weighted by atomic mass is 16.5. The molecule has 3 aromatic carbocycles. The Morgan fingerprint density at radius 1 is 0.812 bits per heavy atom. The van der Waals surface area contributed by atoms with Crippen molar-refractivity contribution in [2.75, 3.05) is 17.3 Å². The zero-order chi connectivity index (χ0) is 22.7. The molecule has 0 bridgehead atoms. The normalized spacial score (nSPS) is 13.7. The SMILES string of the molecule is COc1cccc(NC2=C(c3ccc(OC(C)C)cc3)C(=O)N(c3ccccc3)C2=O)c1. The maximum Gasteiger partial charge on any atom is 0.282 e. The third kappa shape index (κ3) is 4.21. The zero-order valence-electron chi connectivity index (χ0n) is 18.2. The molecule has 3 aromatic rings. The lowest BCUT2D eigenvalue weighted by Crippen LogP contribution is -2.32. The van der Waals surface area contributed by atoms with E-state index in [0.717, 1.165) is 0 Å². The van der Waals surface area contributed by atoms with Crippen molar-refractivity contribution >= 4 is 28.8 Å². The van der Waals surface area contributed by atoms with Gasteiger partial charge in [0.1, 0.15) is 17.2 Å². The molecule has 0 radical (unpaired) electrons. The maximum atomic E-state index is 13.5. The summed E-state index contributed by atoms with van der Waals surface area (Å²) in [4.78, 5) is 28.0. The number of carbonyl (C=O) groups is 2. The van der Waals surface area contributed by atoms with Gasteiger partial charge in [0.2, 0.25) is 0 Å². The number of benzene rings is 3. The molecule has 0 saturated heterocycles. The fourth-order valence-corrected chi connectivity index (χ4v) is 3.54. The summed E-state index contributed by atoms with van der Waals surface area (Å²) in [5, 5.41) is 3.15. The second-order valence-electron chi connectivity index (χ2n) is 7.58. The number of hydrogen-bond donors (Lipinski definition) is 1. The van der Waals surface area contributed by atoms with Crippen LogP contribution in [-0.2, 0) is 9.59 Å². The predicted octanol–water partition coefficient (Wildman–Crippen LogP) is 4.88. The lowest BCUT2D eigenvalue weighted by atomic mass is 10.0. The van der Waals surface area contributed by atoms with Crippen LogP contribution in [0.5, 0.6) is 11.5 Å². The van der Waals surface area contributed by atoms with Crippen molar-refractivity contribution < 1.29 is 19.1 Å². The van der Waals surface area contributed by atoms with Gasteiger partial charge < -0.3 is 14.8 Å². The molecule has 4 rings (SSSR count). The van der Waals surface area contributed by atoms with E-state index in [9.17, 15) is 9.59 Å². The minimum Gasteiger partial charge on any atom is -0.497 e. The van der Waals surface area contributed by atoms with Crippen LogP contribution in [-0.4, -0.2) is 25.0 Å². The molecule has 6 nitrogen and oxygen atoms in total. The maximum absolute atomic E-state index is 13.5. The largest absolute Gasteiger partial charge is 0.497 e. The molecule has 0 unspecified atom stereocenters. The highest BCUT2D eigenvalue weighted by Gasteiger charge is 2.40. The minimum atomic E-state index is -0.415. The first-order valence-corrected chi connectivity index (χ1v) is 10.3. The topological polar surface area (TPSA) is 67.9 Å². The number of nitrogens with zero attached hydrogens (tertiary/aromatic N) is 1. The van der Waals surface area contributed by atoms with Gasteiger partial charge >= 0.3 is 0 Å². The van der Waals surface area contributed by atoms with E-state index in [4.69, 9.17) is 9.47 Å². The van der Waals surface area contributed by atoms with E-state index in [1.807, 2.05) is 38.1 Å². The molecule has 0 aliphatic carbocycles. The van der Waals surface area contributed by atoms with Crippen LogP contribution >= 0.6 is 0 Å². The molecule has 1 heterocycles. The van der Waals surface area contributed by atoms with E-state index in [2.05, 4.69) is 5.32 Å². The van der Waals surface area contributed by atoms with Gasteiger partial charge in [-0.1, -0.05) is 36.4 Å². The summed E-state index contributed by atoms with van der Waals surface area (Å²) in [6.45, 7) is 3.90. The van der Waals surface area contributed by atoms with Crippen molar-refractivity contribution in [3.8, 4) is 11.5 Å². The van der Waals surface area contributed by atoms with Gasteiger partial charge in [-0.15, -0.1) is 0 Å². The van der Waals surface area contributed by atoms with Crippen LogP contribution in [0.15, 0.2) is 84.6 Å². The minimum absolute atomic E-state index is 0.0358. The number of imide groups is 1. The average Bonchev–Trinajstić information content (AvgIpc) is 3.04. The Morgan fingerprint density at radius 3 is 2.19 bits per heavy atom. The molecular weight excluding hydrogens is 404 g/mol. The summed E-state index contributed by atoms with van der Waals surface area (Å²) in [7, 11) is 1.58. The first kappa shape index (κ1) is 21.2. The summed E-state index contributed by atoms with van der Waals surface area (Å²) in [6, 6.07) is 23.3. The van der Waals surface area contributed by atoms with Crippen molar-refractivity contribution in [1.29, 1.82) is 0 Å². The number of ether oxygens (including phenoxy) is 2.